The van der Waals surface area contributed by atoms with E-state index >= 15 is 0 Å². The fraction of sp³-hybridized carbons (Fsp3) is 0.114. The molecule has 1 aliphatic carbocycles. The van der Waals surface area contributed by atoms with Crippen LogP contribution in [0, 0.1) is 26.2 Å². The zero-order valence-corrected chi connectivity index (χ0v) is 22.1. The van der Waals surface area contributed by atoms with Gasteiger partial charge in [0.2, 0.25) is 0 Å². The number of terminal acetylenes is 1. The number of pyridine rings is 1. The SMILES string of the molecule is C#CC1=c2c(ccc3cccc(C)c23)=C(c2cc(C)c(P(c3ccccc3)c3ccccc3)cn2)CC1. The third-order valence-corrected chi connectivity index (χ3v) is 9.92. The summed E-state index contributed by atoms with van der Waals surface area (Å²) in [4.78, 5) is 5.11. The van der Waals surface area contributed by atoms with Crippen molar-refractivity contribution in [1.29, 1.82) is 0 Å². The summed E-state index contributed by atoms with van der Waals surface area (Å²) in [6, 6.07) is 34.9. The van der Waals surface area contributed by atoms with Crippen molar-refractivity contribution in [3.05, 3.63) is 131 Å². The highest BCUT2D eigenvalue weighted by Crippen LogP contribution is 2.34. The fourth-order valence-corrected chi connectivity index (χ4v) is 7.96. The number of aryl methyl sites for hydroxylation is 2. The minimum absolute atomic E-state index is 0.689. The first-order valence-electron chi connectivity index (χ1n) is 12.7. The number of benzene rings is 4. The number of nitrogens with zero attached hydrogens (tertiary/aromatic N) is 1. The lowest BCUT2D eigenvalue weighted by molar-refractivity contribution is 1.04. The minimum atomic E-state index is -0.689. The molecule has 0 unspecified atom stereocenters. The second kappa shape index (κ2) is 9.82. The van der Waals surface area contributed by atoms with E-state index in [1.54, 1.807) is 0 Å². The summed E-state index contributed by atoms with van der Waals surface area (Å²) in [6.45, 7) is 4.41. The lowest BCUT2D eigenvalue weighted by Crippen LogP contribution is -2.34. The Labute approximate surface area is 220 Å². The van der Waals surface area contributed by atoms with Gasteiger partial charge in [-0.25, -0.2) is 0 Å². The van der Waals surface area contributed by atoms with Gasteiger partial charge in [0.1, 0.15) is 0 Å². The van der Waals surface area contributed by atoms with E-state index in [-0.39, 0.29) is 0 Å². The Morgan fingerprint density at radius 3 is 2.11 bits per heavy atom. The van der Waals surface area contributed by atoms with Gasteiger partial charge in [0.05, 0.1) is 5.69 Å². The first kappa shape index (κ1) is 23.4. The van der Waals surface area contributed by atoms with Crippen molar-refractivity contribution < 1.29 is 0 Å². The largest absolute Gasteiger partial charge is 0.256 e. The van der Waals surface area contributed by atoms with E-state index in [4.69, 9.17) is 11.4 Å². The molecule has 0 saturated carbocycles. The summed E-state index contributed by atoms with van der Waals surface area (Å²) in [6.07, 6.45) is 9.92. The van der Waals surface area contributed by atoms with E-state index in [1.807, 2.05) is 0 Å². The van der Waals surface area contributed by atoms with Crippen LogP contribution in [-0.2, 0) is 0 Å². The molecular weight excluding hydrogens is 465 g/mol. The van der Waals surface area contributed by atoms with Crippen molar-refractivity contribution in [2.75, 3.05) is 0 Å². The second-order valence-corrected chi connectivity index (χ2v) is 11.8. The molecule has 1 nitrogen and oxygen atoms in total. The van der Waals surface area contributed by atoms with Gasteiger partial charge in [0, 0.05) is 22.3 Å². The molecule has 0 saturated heterocycles. The highest BCUT2D eigenvalue weighted by Gasteiger charge is 2.21. The Kier molecular flexibility index (Phi) is 6.21. The van der Waals surface area contributed by atoms with E-state index < -0.39 is 7.92 Å². The van der Waals surface area contributed by atoms with Gasteiger partial charge in [-0.15, -0.1) is 6.42 Å². The standard InChI is InChI=1S/C35H28NP/c1-4-26-18-20-30(31-21-19-27-13-11-12-24(2)34(27)35(26)31)32-22-25(3)33(23-36-32)37(28-14-7-5-8-15-28)29-16-9-6-10-17-29/h1,5-17,19,21-23H,18,20H2,2-3H3. The Morgan fingerprint density at radius 2 is 1.46 bits per heavy atom. The second-order valence-electron chi connectivity index (χ2n) is 9.63. The third kappa shape index (κ3) is 4.19. The van der Waals surface area contributed by atoms with Crippen molar-refractivity contribution in [1.82, 2.24) is 4.98 Å². The van der Waals surface area contributed by atoms with E-state index in [9.17, 15) is 0 Å². The van der Waals surface area contributed by atoms with Gasteiger partial charge < -0.3 is 0 Å². The Hall–Kier alpha value is -3.98. The lowest BCUT2D eigenvalue weighted by Gasteiger charge is -2.22. The van der Waals surface area contributed by atoms with Crippen LogP contribution in [0.15, 0.2) is 103 Å². The maximum Gasteiger partial charge on any atom is 0.0671 e. The van der Waals surface area contributed by atoms with Crippen LogP contribution in [0.4, 0.5) is 0 Å². The Morgan fingerprint density at radius 1 is 0.757 bits per heavy atom. The van der Waals surface area contributed by atoms with Crippen LogP contribution in [0.1, 0.15) is 29.7 Å². The van der Waals surface area contributed by atoms with Crippen LogP contribution in [0.5, 0.6) is 0 Å². The van der Waals surface area contributed by atoms with Crippen molar-refractivity contribution in [3.63, 3.8) is 0 Å². The molecule has 0 N–H and O–H groups in total. The number of fused-ring (bicyclic) bond motifs is 3. The molecule has 0 radical (unpaired) electrons. The fourth-order valence-electron chi connectivity index (χ4n) is 5.58. The molecule has 0 amide bonds. The van der Waals surface area contributed by atoms with Crippen LogP contribution >= 0.6 is 7.92 Å². The summed E-state index contributed by atoms with van der Waals surface area (Å²) in [5.41, 5.74) is 5.99. The van der Waals surface area contributed by atoms with Gasteiger partial charge in [0.15, 0.2) is 0 Å². The molecule has 1 aliphatic rings. The molecule has 6 rings (SSSR count). The summed E-state index contributed by atoms with van der Waals surface area (Å²) in [5.74, 6) is 3.01. The maximum atomic E-state index is 6.02. The van der Waals surface area contributed by atoms with Gasteiger partial charge in [-0.2, -0.15) is 0 Å². The number of aromatic nitrogens is 1. The first-order valence-corrected chi connectivity index (χ1v) is 14.1. The zero-order valence-electron chi connectivity index (χ0n) is 21.2. The van der Waals surface area contributed by atoms with Gasteiger partial charge in [-0.3, -0.25) is 4.98 Å². The monoisotopic (exact) mass is 493 g/mol. The summed E-state index contributed by atoms with van der Waals surface area (Å²) in [5, 5.41) is 8.95. The Bertz CT molecular complexity index is 1750. The predicted molar refractivity (Wildman–Crippen MR) is 160 cm³/mol. The summed E-state index contributed by atoms with van der Waals surface area (Å²) < 4.78 is 0. The molecular formula is C35H28NP. The molecule has 0 fully saturated rings. The molecule has 0 atom stereocenters. The molecule has 0 aliphatic heterocycles. The molecule has 0 spiro atoms. The number of hydrogen-bond donors (Lipinski definition) is 0. The van der Waals surface area contributed by atoms with E-state index in [0.29, 0.717) is 0 Å². The van der Waals surface area contributed by atoms with Gasteiger partial charge in [-0.05, 0) is 84.0 Å². The quantitative estimate of drug-likeness (QED) is 0.242. The average Bonchev–Trinajstić information content (AvgIpc) is 2.94. The van der Waals surface area contributed by atoms with Crippen molar-refractivity contribution >= 4 is 45.8 Å². The highest BCUT2D eigenvalue weighted by molar-refractivity contribution is 7.79. The molecule has 4 aromatic carbocycles. The van der Waals surface area contributed by atoms with Gasteiger partial charge in [-0.1, -0.05) is 96.9 Å². The smallest absolute Gasteiger partial charge is 0.0671 e. The molecule has 2 heteroatoms. The summed E-state index contributed by atoms with van der Waals surface area (Å²) in [7, 11) is -0.689. The van der Waals surface area contributed by atoms with Crippen molar-refractivity contribution in [3.8, 4) is 12.3 Å². The van der Waals surface area contributed by atoms with Crippen LogP contribution in [0.2, 0.25) is 0 Å². The topological polar surface area (TPSA) is 12.9 Å². The van der Waals surface area contributed by atoms with E-state index in [2.05, 4.69) is 123 Å². The molecule has 0 bridgehead atoms. The highest BCUT2D eigenvalue weighted by atomic mass is 31.1. The minimum Gasteiger partial charge on any atom is -0.256 e. The van der Waals surface area contributed by atoms with Crippen LogP contribution < -0.4 is 26.4 Å². The predicted octanol–water partition coefficient (Wildman–Crippen LogP) is 5.39. The normalized spacial score (nSPS) is 13.0. The van der Waals surface area contributed by atoms with Crippen LogP contribution in [-0.4, -0.2) is 4.98 Å². The third-order valence-electron chi connectivity index (χ3n) is 7.34. The zero-order chi connectivity index (χ0) is 25.4. The van der Waals surface area contributed by atoms with Crippen LogP contribution in [0.25, 0.3) is 21.9 Å². The van der Waals surface area contributed by atoms with Gasteiger partial charge >= 0.3 is 0 Å². The van der Waals surface area contributed by atoms with E-state index in [1.165, 1.54) is 53.8 Å². The molecule has 1 aromatic heterocycles. The van der Waals surface area contributed by atoms with Crippen molar-refractivity contribution in [2.24, 2.45) is 0 Å². The van der Waals surface area contributed by atoms with Crippen molar-refractivity contribution in [2.45, 2.75) is 26.7 Å². The number of rotatable bonds is 4. The number of hydrogen-bond acceptors (Lipinski definition) is 1. The van der Waals surface area contributed by atoms with Crippen LogP contribution in [0.3, 0.4) is 0 Å². The Balaban J connectivity index is 1.56. The summed E-state index contributed by atoms with van der Waals surface area (Å²) >= 11 is 0. The molecule has 178 valence electrons. The molecule has 5 aromatic rings. The maximum absolute atomic E-state index is 6.02. The average molecular weight is 494 g/mol. The molecule has 1 heterocycles. The first-order chi connectivity index (χ1) is 18.2. The molecule has 37 heavy (non-hydrogen) atoms. The van der Waals surface area contributed by atoms with Gasteiger partial charge in [0.25, 0.3) is 0 Å². The van der Waals surface area contributed by atoms with E-state index in [0.717, 1.165) is 24.1 Å². The lowest BCUT2D eigenvalue weighted by atomic mass is 9.88.